The van der Waals surface area contributed by atoms with E-state index in [9.17, 15) is 9.59 Å². The molecule has 0 saturated carbocycles. The molecule has 44 heavy (non-hydrogen) atoms. The number of fused-ring (bicyclic) bond motifs is 1. The molecule has 3 aliphatic heterocycles. The summed E-state index contributed by atoms with van der Waals surface area (Å²) < 4.78 is 12.4. The number of aryl methyl sites for hydroxylation is 1. The van der Waals surface area contributed by atoms with Gasteiger partial charge < -0.3 is 29.1 Å². The van der Waals surface area contributed by atoms with Crippen LogP contribution in [0.1, 0.15) is 52.8 Å². The third kappa shape index (κ3) is 6.46. The van der Waals surface area contributed by atoms with Crippen LogP contribution in [0.2, 0.25) is 0 Å². The summed E-state index contributed by atoms with van der Waals surface area (Å²) in [6, 6.07) is 13.1. The van der Waals surface area contributed by atoms with E-state index in [1.54, 1.807) is 16.2 Å². The number of carbonyl (C=O) groups excluding carboxylic acids is 2. The predicted octanol–water partition coefficient (Wildman–Crippen LogP) is 6.78. The van der Waals surface area contributed by atoms with Crippen LogP contribution in [0.25, 0.3) is 21.5 Å². The first-order chi connectivity index (χ1) is 20.7. The second-order valence-corrected chi connectivity index (χ2v) is 15.9. The maximum atomic E-state index is 12.6. The van der Waals surface area contributed by atoms with Gasteiger partial charge in [0.2, 0.25) is 0 Å². The number of hydrogen-bond donors (Lipinski definition) is 0. The number of benzene rings is 1. The molecule has 0 unspecified atom stereocenters. The number of anilines is 2. The number of ether oxygens (including phenoxy) is 2. The molecule has 0 N–H and O–H groups in total. The quantitative estimate of drug-likeness (QED) is 0.320. The third-order valence-corrected chi connectivity index (χ3v) is 9.59. The average molecular weight is 620 g/mol. The van der Waals surface area contributed by atoms with Crippen molar-refractivity contribution in [2.75, 3.05) is 62.2 Å². The molecule has 1 spiro atoms. The largest absolute Gasteiger partial charge is 0.444 e. The first-order valence-corrected chi connectivity index (χ1v) is 16.5. The Labute approximate surface area is 264 Å². The van der Waals surface area contributed by atoms with Gasteiger partial charge in [-0.1, -0.05) is 12.1 Å². The van der Waals surface area contributed by atoms with E-state index in [4.69, 9.17) is 14.5 Å². The molecule has 6 rings (SSSR count). The minimum Gasteiger partial charge on any atom is -0.444 e. The Balaban J connectivity index is 1.15. The highest BCUT2D eigenvalue weighted by Gasteiger charge is 2.50. The van der Waals surface area contributed by atoms with Gasteiger partial charge in [0.05, 0.1) is 21.6 Å². The molecule has 3 aliphatic rings. The van der Waals surface area contributed by atoms with Gasteiger partial charge in [-0.25, -0.2) is 14.6 Å². The van der Waals surface area contributed by atoms with Crippen molar-refractivity contribution in [3.8, 4) is 11.3 Å². The smallest absolute Gasteiger partial charge is 0.410 e. The summed E-state index contributed by atoms with van der Waals surface area (Å²) in [4.78, 5) is 39.8. The second kappa shape index (κ2) is 11.1. The number of nitrogens with zero attached hydrogens (tertiary/aromatic N) is 5. The maximum absolute atomic E-state index is 12.6. The number of pyridine rings is 1. The van der Waals surface area contributed by atoms with Crippen LogP contribution < -0.4 is 9.80 Å². The fourth-order valence-corrected chi connectivity index (χ4v) is 7.44. The van der Waals surface area contributed by atoms with Crippen LogP contribution in [0.15, 0.2) is 36.4 Å². The fourth-order valence-electron chi connectivity index (χ4n) is 6.44. The summed E-state index contributed by atoms with van der Waals surface area (Å²) in [5, 5.41) is 0. The lowest BCUT2D eigenvalue weighted by Crippen LogP contribution is -2.60. The zero-order chi connectivity index (χ0) is 31.4. The van der Waals surface area contributed by atoms with Crippen molar-refractivity contribution in [3.63, 3.8) is 0 Å². The lowest BCUT2D eigenvalue weighted by molar-refractivity contribution is -0.0266. The first kappa shape index (κ1) is 30.5. The monoisotopic (exact) mass is 619 g/mol. The number of likely N-dealkylation sites (tertiary alicyclic amines) is 1. The summed E-state index contributed by atoms with van der Waals surface area (Å²) in [7, 11) is 0. The number of amides is 2. The van der Waals surface area contributed by atoms with Crippen LogP contribution in [0.4, 0.5) is 21.0 Å². The number of carbonyl (C=O) groups is 2. The van der Waals surface area contributed by atoms with E-state index in [1.165, 1.54) is 15.3 Å². The molecular weight excluding hydrogens is 574 g/mol. The minimum atomic E-state index is -0.487. The topological polar surface area (TPSA) is 78.5 Å². The van der Waals surface area contributed by atoms with Crippen LogP contribution in [0, 0.1) is 12.3 Å². The van der Waals surface area contributed by atoms with Crippen molar-refractivity contribution in [2.45, 2.75) is 66.1 Å². The van der Waals surface area contributed by atoms with Gasteiger partial charge in [0.25, 0.3) is 0 Å². The van der Waals surface area contributed by atoms with E-state index in [1.807, 2.05) is 46.4 Å². The van der Waals surface area contributed by atoms with Crippen LogP contribution in [0.5, 0.6) is 0 Å². The van der Waals surface area contributed by atoms with Gasteiger partial charge in [0.15, 0.2) is 0 Å². The Bertz CT molecular complexity index is 1540. The Hall–Kier alpha value is -3.53. The van der Waals surface area contributed by atoms with Gasteiger partial charge in [-0.2, -0.15) is 0 Å². The fraction of sp³-hybridized carbons (Fsp3) is 0.559. The molecule has 3 aromatic rings. The molecule has 2 amide bonds. The van der Waals surface area contributed by atoms with E-state index >= 15 is 0 Å². The minimum absolute atomic E-state index is 0.119. The Morgan fingerprint density at radius 1 is 0.795 bits per heavy atom. The second-order valence-electron chi connectivity index (χ2n) is 14.6. The number of rotatable bonds is 3. The number of thiophene rings is 1. The normalized spacial score (nSPS) is 18.6. The maximum Gasteiger partial charge on any atom is 0.410 e. The molecule has 0 radical (unpaired) electrons. The molecule has 3 saturated heterocycles. The summed E-state index contributed by atoms with van der Waals surface area (Å²) in [5.41, 5.74) is 4.62. The van der Waals surface area contributed by atoms with Gasteiger partial charge in [-0.15, -0.1) is 11.3 Å². The van der Waals surface area contributed by atoms with Crippen LogP contribution in [-0.4, -0.2) is 90.5 Å². The van der Waals surface area contributed by atoms with E-state index in [0.29, 0.717) is 13.1 Å². The molecule has 5 heterocycles. The van der Waals surface area contributed by atoms with Gasteiger partial charge in [0, 0.05) is 73.9 Å². The van der Waals surface area contributed by atoms with Gasteiger partial charge >= 0.3 is 12.2 Å². The van der Waals surface area contributed by atoms with Crippen molar-refractivity contribution in [1.29, 1.82) is 0 Å². The lowest BCUT2D eigenvalue weighted by atomic mass is 9.79. The van der Waals surface area contributed by atoms with E-state index in [-0.39, 0.29) is 17.6 Å². The highest BCUT2D eigenvalue weighted by molar-refractivity contribution is 7.19. The summed E-state index contributed by atoms with van der Waals surface area (Å²) in [5.74, 6) is 0. The van der Waals surface area contributed by atoms with Crippen molar-refractivity contribution < 1.29 is 19.1 Å². The van der Waals surface area contributed by atoms with Gasteiger partial charge in [-0.05, 0) is 79.2 Å². The van der Waals surface area contributed by atoms with Crippen molar-refractivity contribution in [2.24, 2.45) is 5.41 Å². The van der Waals surface area contributed by atoms with Crippen molar-refractivity contribution >= 4 is 45.1 Å². The number of piperazine rings is 1. The van der Waals surface area contributed by atoms with Crippen LogP contribution in [-0.2, 0) is 9.47 Å². The van der Waals surface area contributed by atoms with Crippen molar-refractivity contribution in [1.82, 2.24) is 14.8 Å². The molecular formula is C34H45N5O4S. The Kier molecular flexibility index (Phi) is 7.71. The molecule has 2 aromatic heterocycles. The Morgan fingerprint density at radius 2 is 1.41 bits per heavy atom. The van der Waals surface area contributed by atoms with E-state index < -0.39 is 11.2 Å². The zero-order valence-electron chi connectivity index (χ0n) is 27.1. The lowest BCUT2D eigenvalue weighted by Gasteiger charge is -2.47. The molecule has 0 bridgehead atoms. The van der Waals surface area contributed by atoms with Crippen molar-refractivity contribution in [3.05, 3.63) is 41.3 Å². The molecule has 0 aliphatic carbocycles. The van der Waals surface area contributed by atoms with E-state index in [2.05, 4.69) is 53.1 Å². The average Bonchev–Trinajstić information content (AvgIpc) is 3.53. The predicted molar refractivity (Wildman–Crippen MR) is 177 cm³/mol. The summed E-state index contributed by atoms with van der Waals surface area (Å²) in [6.45, 7) is 19.8. The highest BCUT2D eigenvalue weighted by atomic mass is 32.1. The van der Waals surface area contributed by atoms with Crippen LogP contribution in [0.3, 0.4) is 0 Å². The zero-order valence-corrected chi connectivity index (χ0v) is 27.9. The number of hydrogen-bond acceptors (Lipinski definition) is 8. The molecule has 3 fully saturated rings. The highest BCUT2D eigenvalue weighted by Crippen LogP contribution is 2.45. The van der Waals surface area contributed by atoms with Crippen LogP contribution >= 0.6 is 11.3 Å². The van der Waals surface area contributed by atoms with E-state index in [0.717, 1.165) is 68.2 Å². The first-order valence-electron chi connectivity index (χ1n) is 15.6. The standard InChI is InChI=1S/C34H45N5O4S/c1-23-18-27-29(44-23)28(38-13-12-34(20-38)21-39(22-34)31(41)43-33(5,6)7)19-26(35-27)24-8-10-25(11-9-24)36-14-16-37(17-15-36)30(40)42-32(2,3)4/h8-11,18-19H,12-17,20-22H2,1-7H3. The molecule has 9 nitrogen and oxygen atoms in total. The van der Waals surface area contributed by atoms with Gasteiger partial charge in [-0.3, -0.25) is 0 Å². The summed E-state index contributed by atoms with van der Waals surface area (Å²) in [6.07, 6.45) is 0.610. The molecule has 0 atom stereocenters. The molecule has 236 valence electrons. The SMILES string of the molecule is Cc1cc2nc(-c3ccc(N4CCN(C(=O)OC(C)(C)C)CC4)cc3)cc(N3CCC4(CN(C(=O)OC(C)(C)C)C4)C3)c2s1. The molecule has 1 aromatic carbocycles. The summed E-state index contributed by atoms with van der Waals surface area (Å²) >= 11 is 1.80. The van der Waals surface area contributed by atoms with Gasteiger partial charge in [0.1, 0.15) is 11.2 Å². The number of aromatic nitrogens is 1. The third-order valence-electron chi connectivity index (χ3n) is 8.53. The Morgan fingerprint density at radius 3 is 2.02 bits per heavy atom. The molecule has 10 heteroatoms.